The first-order valence-electron chi connectivity index (χ1n) is 8.97. The maximum Gasteiger partial charge on any atom is 0.340 e. The van der Waals surface area contributed by atoms with Gasteiger partial charge in [-0.25, -0.2) is 19.6 Å². The van der Waals surface area contributed by atoms with Gasteiger partial charge in [-0.2, -0.15) is 0 Å². The normalized spacial score (nSPS) is 11.1. The first kappa shape index (κ1) is 19.8. The number of imidazole rings is 1. The van der Waals surface area contributed by atoms with Gasteiger partial charge in [0.05, 0.1) is 5.56 Å². The Labute approximate surface area is 164 Å². The van der Waals surface area contributed by atoms with Gasteiger partial charge in [-0.1, -0.05) is 24.9 Å². The van der Waals surface area contributed by atoms with E-state index in [1.807, 2.05) is 13.8 Å². The first-order chi connectivity index (χ1) is 13.5. The second kappa shape index (κ2) is 8.39. The van der Waals surface area contributed by atoms with E-state index in [1.165, 1.54) is 22.9 Å². The first-order valence-corrected chi connectivity index (χ1v) is 9.35. The third kappa shape index (κ3) is 3.84. The Balaban J connectivity index is 1.95. The molecular formula is C18H20ClN5O4. The summed E-state index contributed by atoms with van der Waals surface area (Å²) >= 11 is 5.72. The van der Waals surface area contributed by atoms with Crippen LogP contribution in [-0.2, 0) is 24.4 Å². The molecule has 0 aliphatic heterocycles. The fourth-order valence-electron chi connectivity index (χ4n) is 2.90. The molecule has 9 nitrogen and oxygen atoms in total. The molecule has 0 spiro atoms. The van der Waals surface area contributed by atoms with Crippen LogP contribution in [0.2, 0.25) is 5.15 Å². The number of rotatable bonds is 7. The third-order valence-corrected chi connectivity index (χ3v) is 4.54. The van der Waals surface area contributed by atoms with E-state index in [-0.39, 0.29) is 22.8 Å². The van der Waals surface area contributed by atoms with E-state index in [0.717, 1.165) is 12.8 Å². The second-order valence-electron chi connectivity index (χ2n) is 6.15. The van der Waals surface area contributed by atoms with Crippen molar-refractivity contribution in [1.29, 1.82) is 0 Å². The summed E-state index contributed by atoms with van der Waals surface area (Å²) in [5.74, 6) is -0.203. The van der Waals surface area contributed by atoms with E-state index in [2.05, 4.69) is 15.0 Å². The predicted octanol–water partition coefficient (Wildman–Crippen LogP) is 2.11. The lowest BCUT2D eigenvalue weighted by atomic mass is 10.3. The number of nitrogens with zero attached hydrogens (tertiary/aromatic N) is 4. The highest BCUT2D eigenvalue weighted by Crippen LogP contribution is 2.14. The Kier molecular flexibility index (Phi) is 5.93. The summed E-state index contributed by atoms with van der Waals surface area (Å²) < 4.78 is 8.40. The number of unbranched alkanes of at least 4 members (excludes halogenated alkanes) is 1. The summed E-state index contributed by atoms with van der Waals surface area (Å²) in [6.07, 6.45) is 2.98. The number of nitrogens with one attached hydrogen (secondary N) is 1. The minimum Gasteiger partial charge on any atom is -0.454 e. The fraction of sp³-hybridized carbons (Fsp3) is 0.389. The van der Waals surface area contributed by atoms with E-state index in [0.29, 0.717) is 24.6 Å². The molecule has 0 fully saturated rings. The molecule has 3 aromatic heterocycles. The molecule has 0 bridgehead atoms. The van der Waals surface area contributed by atoms with Crippen molar-refractivity contribution >= 4 is 28.7 Å². The summed E-state index contributed by atoms with van der Waals surface area (Å²) in [4.78, 5) is 47.4. The minimum atomic E-state index is -0.587. The predicted molar refractivity (Wildman–Crippen MR) is 104 cm³/mol. The Hall–Kier alpha value is -2.94. The number of H-pyrrole nitrogens is 1. The van der Waals surface area contributed by atoms with Crippen LogP contribution in [0.15, 0.2) is 27.9 Å². The smallest absolute Gasteiger partial charge is 0.340 e. The highest BCUT2D eigenvalue weighted by atomic mass is 35.5. The summed E-state index contributed by atoms with van der Waals surface area (Å²) in [6, 6.07) is 3.00. The maximum absolute atomic E-state index is 12.4. The van der Waals surface area contributed by atoms with Crippen LogP contribution < -0.4 is 11.2 Å². The fourth-order valence-corrected chi connectivity index (χ4v) is 3.01. The van der Waals surface area contributed by atoms with E-state index in [4.69, 9.17) is 16.3 Å². The molecule has 148 valence electrons. The van der Waals surface area contributed by atoms with Gasteiger partial charge < -0.3 is 9.30 Å². The number of aryl methyl sites for hydroxylation is 2. The highest BCUT2D eigenvalue weighted by Gasteiger charge is 2.19. The van der Waals surface area contributed by atoms with Gasteiger partial charge in [0, 0.05) is 19.3 Å². The lowest BCUT2D eigenvalue weighted by molar-refractivity contribution is 0.0458. The largest absolute Gasteiger partial charge is 0.454 e. The number of fused-ring (bicyclic) bond motifs is 1. The molecule has 0 saturated carbocycles. The molecule has 3 rings (SSSR count). The molecule has 0 aromatic carbocycles. The standard InChI is InChI=1S/C18H20ClN5O4/c1-3-5-8-24-15-14(16(25)22-18(24)27)23(4-2)13(21-15)10-28-17(26)11-6-7-12(19)20-9-11/h6-7,9H,3-5,8,10H2,1-2H3,(H,22,25,27). The Morgan fingerprint density at radius 2 is 2.04 bits per heavy atom. The zero-order valence-electron chi connectivity index (χ0n) is 15.6. The van der Waals surface area contributed by atoms with Gasteiger partial charge in [-0.3, -0.25) is 14.3 Å². The van der Waals surface area contributed by atoms with Gasteiger partial charge in [0.1, 0.15) is 17.6 Å². The minimum absolute atomic E-state index is 0.147. The van der Waals surface area contributed by atoms with Crippen molar-refractivity contribution in [3.63, 3.8) is 0 Å². The van der Waals surface area contributed by atoms with Crippen LogP contribution in [0.3, 0.4) is 0 Å². The Morgan fingerprint density at radius 3 is 2.68 bits per heavy atom. The van der Waals surface area contributed by atoms with Gasteiger partial charge in [0.2, 0.25) is 0 Å². The van der Waals surface area contributed by atoms with Crippen molar-refractivity contribution in [2.45, 2.75) is 46.4 Å². The maximum atomic E-state index is 12.4. The molecule has 10 heteroatoms. The van der Waals surface area contributed by atoms with E-state index in [9.17, 15) is 14.4 Å². The number of halogens is 1. The zero-order chi connectivity index (χ0) is 20.3. The number of aromatic nitrogens is 5. The van der Waals surface area contributed by atoms with Gasteiger partial charge in [0.25, 0.3) is 5.56 Å². The molecule has 3 heterocycles. The van der Waals surface area contributed by atoms with Crippen LogP contribution in [0.4, 0.5) is 0 Å². The van der Waals surface area contributed by atoms with E-state index >= 15 is 0 Å². The molecule has 0 saturated heterocycles. The Morgan fingerprint density at radius 1 is 1.25 bits per heavy atom. The quantitative estimate of drug-likeness (QED) is 0.476. The summed E-state index contributed by atoms with van der Waals surface area (Å²) in [5, 5.41) is 0.272. The van der Waals surface area contributed by atoms with Crippen molar-refractivity contribution in [2.75, 3.05) is 0 Å². The van der Waals surface area contributed by atoms with Crippen molar-refractivity contribution < 1.29 is 9.53 Å². The molecule has 0 atom stereocenters. The lowest BCUT2D eigenvalue weighted by Crippen LogP contribution is -2.31. The van der Waals surface area contributed by atoms with Gasteiger partial charge in [0.15, 0.2) is 11.2 Å². The van der Waals surface area contributed by atoms with Crippen LogP contribution in [0.25, 0.3) is 11.2 Å². The second-order valence-corrected chi connectivity index (χ2v) is 6.54. The number of esters is 1. The monoisotopic (exact) mass is 405 g/mol. The van der Waals surface area contributed by atoms with Gasteiger partial charge in [-0.15, -0.1) is 0 Å². The van der Waals surface area contributed by atoms with Gasteiger partial charge >= 0.3 is 11.7 Å². The number of carbonyl (C=O) groups excluding carboxylic acids is 1. The van der Waals surface area contributed by atoms with Crippen LogP contribution in [0.1, 0.15) is 42.9 Å². The molecule has 0 unspecified atom stereocenters. The molecule has 28 heavy (non-hydrogen) atoms. The molecule has 0 amide bonds. The molecule has 0 aliphatic rings. The molecule has 3 aromatic rings. The van der Waals surface area contributed by atoms with Crippen LogP contribution >= 0.6 is 11.6 Å². The van der Waals surface area contributed by atoms with Crippen molar-refractivity contribution in [3.8, 4) is 0 Å². The third-order valence-electron chi connectivity index (χ3n) is 4.31. The highest BCUT2D eigenvalue weighted by molar-refractivity contribution is 6.29. The average Bonchev–Trinajstić information content (AvgIpc) is 3.05. The summed E-state index contributed by atoms with van der Waals surface area (Å²) in [5.41, 5.74) is -0.175. The van der Waals surface area contributed by atoms with Gasteiger partial charge in [-0.05, 0) is 25.5 Å². The molecular weight excluding hydrogens is 386 g/mol. The van der Waals surface area contributed by atoms with Crippen molar-refractivity contribution in [1.82, 2.24) is 24.1 Å². The molecule has 1 N–H and O–H groups in total. The average molecular weight is 406 g/mol. The van der Waals surface area contributed by atoms with Crippen molar-refractivity contribution in [3.05, 3.63) is 55.7 Å². The Bertz CT molecular complexity index is 1110. The molecule has 0 radical (unpaired) electrons. The van der Waals surface area contributed by atoms with E-state index in [1.54, 1.807) is 4.57 Å². The van der Waals surface area contributed by atoms with Crippen LogP contribution in [0, 0.1) is 0 Å². The van der Waals surface area contributed by atoms with Crippen LogP contribution in [-0.4, -0.2) is 30.1 Å². The SMILES string of the molecule is CCCCn1c(=O)[nH]c(=O)c2c1nc(COC(=O)c1ccc(Cl)nc1)n2CC. The topological polar surface area (TPSA) is 112 Å². The van der Waals surface area contributed by atoms with Crippen LogP contribution in [0.5, 0.6) is 0 Å². The summed E-state index contributed by atoms with van der Waals surface area (Å²) in [6.45, 7) is 4.58. The lowest BCUT2D eigenvalue weighted by Gasteiger charge is -2.07. The molecule has 0 aliphatic carbocycles. The summed E-state index contributed by atoms with van der Waals surface area (Å²) in [7, 11) is 0. The zero-order valence-corrected chi connectivity index (χ0v) is 16.3. The van der Waals surface area contributed by atoms with Crippen molar-refractivity contribution in [2.24, 2.45) is 0 Å². The number of ether oxygens (including phenoxy) is 1. The number of hydrogen-bond acceptors (Lipinski definition) is 6. The number of carbonyl (C=O) groups is 1. The van der Waals surface area contributed by atoms with E-state index < -0.39 is 17.2 Å². The number of aromatic amines is 1. The number of hydrogen-bond donors (Lipinski definition) is 1. The number of pyridine rings is 1.